The van der Waals surface area contributed by atoms with E-state index in [0.717, 1.165) is 22.2 Å². The third kappa shape index (κ3) is 3.41. The zero-order valence-corrected chi connectivity index (χ0v) is 13.4. The summed E-state index contributed by atoms with van der Waals surface area (Å²) in [4.78, 5) is 21.3. The van der Waals surface area contributed by atoms with Crippen molar-refractivity contribution in [2.45, 2.75) is 6.92 Å². The first-order valence-electron chi connectivity index (χ1n) is 7.88. The lowest BCUT2D eigenvalue weighted by Crippen LogP contribution is -2.29. The summed E-state index contributed by atoms with van der Waals surface area (Å²) < 4.78 is 0. The summed E-state index contributed by atoms with van der Waals surface area (Å²) in [6.07, 6.45) is 3.41. The van der Waals surface area contributed by atoms with E-state index in [9.17, 15) is 4.79 Å². The van der Waals surface area contributed by atoms with Gasteiger partial charge >= 0.3 is 0 Å². The second-order valence-electron chi connectivity index (χ2n) is 5.81. The minimum Gasteiger partial charge on any atom is -0.396 e. The molecule has 0 aliphatic rings. The molecule has 0 spiro atoms. The highest BCUT2D eigenvalue weighted by Gasteiger charge is 2.14. The van der Waals surface area contributed by atoms with Crippen LogP contribution >= 0.6 is 0 Å². The number of hydrogen-bond acceptors (Lipinski definition) is 4. The maximum Gasteiger partial charge on any atom is 0.252 e. The number of aliphatic hydroxyl groups excluding tert-OH is 1. The Bertz CT molecular complexity index is 850. The highest BCUT2D eigenvalue weighted by molar-refractivity contribution is 6.07. The van der Waals surface area contributed by atoms with Crippen LogP contribution < -0.4 is 5.32 Å². The number of benzene rings is 1. The van der Waals surface area contributed by atoms with E-state index in [-0.39, 0.29) is 18.4 Å². The number of carbonyl (C=O) groups is 1. The molecule has 2 aromatic heterocycles. The molecule has 24 heavy (non-hydrogen) atoms. The number of nitrogens with zero attached hydrogens (tertiary/aromatic N) is 2. The number of hydrogen-bond donors (Lipinski definition) is 2. The molecule has 1 amide bonds. The minimum absolute atomic E-state index is 0.0155. The average molecular weight is 321 g/mol. The molecule has 3 rings (SSSR count). The van der Waals surface area contributed by atoms with Crippen LogP contribution in [0.5, 0.6) is 0 Å². The fourth-order valence-electron chi connectivity index (χ4n) is 2.46. The third-order valence-electron chi connectivity index (χ3n) is 3.86. The van der Waals surface area contributed by atoms with E-state index in [0.29, 0.717) is 12.1 Å². The first-order chi connectivity index (χ1) is 11.7. The van der Waals surface area contributed by atoms with Crippen LogP contribution in [0.2, 0.25) is 0 Å². The van der Waals surface area contributed by atoms with E-state index in [1.807, 2.05) is 43.3 Å². The van der Waals surface area contributed by atoms with Gasteiger partial charge in [-0.25, -0.2) is 4.98 Å². The van der Waals surface area contributed by atoms with Crippen molar-refractivity contribution in [2.75, 3.05) is 13.2 Å². The summed E-state index contributed by atoms with van der Waals surface area (Å²) in [7, 11) is 0. The molecule has 0 fully saturated rings. The number of amides is 1. The molecule has 0 saturated carbocycles. The minimum atomic E-state index is -0.163. The van der Waals surface area contributed by atoms with Gasteiger partial charge in [0.2, 0.25) is 0 Å². The van der Waals surface area contributed by atoms with Gasteiger partial charge in [0.25, 0.3) is 5.91 Å². The molecular weight excluding hydrogens is 302 g/mol. The second-order valence-corrected chi connectivity index (χ2v) is 5.81. The molecule has 3 aromatic rings. The average Bonchev–Trinajstić information content (AvgIpc) is 2.65. The van der Waals surface area contributed by atoms with Gasteiger partial charge in [-0.15, -0.1) is 0 Å². The van der Waals surface area contributed by atoms with Gasteiger partial charge in [0.1, 0.15) is 0 Å². The van der Waals surface area contributed by atoms with Crippen LogP contribution in [0.15, 0.2) is 54.9 Å². The standard InChI is InChI=1S/C19H19N3O2/c1-13(12-23)11-21-19(24)16-10-18(14-6-8-20-9-7-14)22-17-5-3-2-4-15(16)17/h2-10,13,23H,11-12H2,1H3,(H,21,24). The number of fused-ring (bicyclic) bond motifs is 1. The molecule has 0 radical (unpaired) electrons. The summed E-state index contributed by atoms with van der Waals surface area (Å²) in [6, 6.07) is 13.1. The molecule has 0 aliphatic heterocycles. The number of pyridine rings is 2. The van der Waals surface area contributed by atoms with Crippen LogP contribution in [-0.2, 0) is 0 Å². The number of para-hydroxylation sites is 1. The van der Waals surface area contributed by atoms with Gasteiger partial charge in [-0.05, 0) is 30.2 Å². The van der Waals surface area contributed by atoms with E-state index in [1.54, 1.807) is 18.5 Å². The topological polar surface area (TPSA) is 75.1 Å². The van der Waals surface area contributed by atoms with Crippen molar-refractivity contribution in [1.29, 1.82) is 0 Å². The SMILES string of the molecule is CC(CO)CNC(=O)c1cc(-c2ccncc2)nc2ccccc12. The van der Waals surface area contributed by atoms with Crippen molar-refractivity contribution in [3.8, 4) is 11.3 Å². The fourth-order valence-corrected chi connectivity index (χ4v) is 2.46. The molecule has 2 N–H and O–H groups in total. The van der Waals surface area contributed by atoms with Crippen molar-refractivity contribution in [3.05, 3.63) is 60.4 Å². The highest BCUT2D eigenvalue weighted by Crippen LogP contribution is 2.24. The normalized spacial score (nSPS) is 12.1. The lowest BCUT2D eigenvalue weighted by Gasteiger charge is -2.12. The van der Waals surface area contributed by atoms with Crippen molar-refractivity contribution >= 4 is 16.8 Å². The Morgan fingerprint density at radius 2 is 1.96 bits per heavy atom. The molecule has 1 unspecified atom stereocenters. The van der Waals surface area contributed by atoms with Crippen LogP contribution in [0, 0.1) is 5.92 Å². The third-order valence-corrected chi connectivity index (χ3v) is 3.86. The molecule has 122 valence electrons. The van der Waals surface area contributed by atoms with Crippen LogP contribution in [0.4, 0.5) is 0 Å². The number of aromatic nitrogens is 2. The van der Waals surface area contributed by atoms with Crippen molar-refractivity contribution in [1.82, 2.24) is 15.3 Å². The van der Waals surface area contributed by atoms with Gasteiger partial charge in [0.05, 0.1) is 16.8 Å². The number of nitrogens with one attached hydrogen (secondary N) is 1. The molecule has 1 aromatic carbocycles. The predicted molar refractivity (Wildman–Crippen MR) is 93.6 cm³/mol. The van der Waals surface area contributed by atoms with E-state index in [1.165, 1.54) is 0 Å². The monoisotopic (exact) mass is 321 g/mol. The van der Waals surface area contributed by atoms with Crippen molar-refractivity contribution in [3.63, 3.8) is 0 Å². The largest absolute Gasteiger partial charge is 0.396 e. The zero-order valence-electron chi connectivity index (χ0n) is 13.4. The van der Waals surface area contributed by atoms with Gasteiger partial charge < -0.3 is 10.4 Å². The van der Waals surface area contributed by atoms with Gasteiger partial charge in [-0.3, -0.25) is 9.78 Å². The maximum absolute atomic E-state index is 12.6. The Kier molecular flexibility index (Phi) is 4.82. The first-order valence-corrected chi connectivity index (χ1v) is 7.88. The maximum atomic E-state index is 12.6. The summed E-state index contributed by atoms with van der Waals surface area (Å²) in [6.45, 7) is 2.35. The number of rotatable bonds is 5. The van der Waals surface area contributed by atoms with Gasteiger partial charge in [-0.1, -0.05) is 25.1 Å². The van der Waals surface area contributed by atoms with Gasteiger partial charge in [0.15, 0.2) is 0 Å². The molecule has 0 bridgehead atoms. The van der Waals surface area contributed by atoms with E-state index >= 15 is 0 Å². The van der Waals surface area contributed by atoms with Crippen LogP contribution in [0.1, 0.15) is 17.3 Å². The molecule has 0 aliphatic carbocycles. The molecular formula is C19H19N3O2. The fraction of sp³-hybridized carbons (Fsp3) is 0.211. The van der Waals surface area contributed by atoms with E-state index in [2.05, 4.69) is 15.3 Å². The van der Waals surface area contributed by atoms with Crippen molar-refractivity contribution in [2.24, 2.45) is 5.92 Å². The summed E-state index contributed by atoms with van der Waals surface area (Å²) in [5.41, 5.74) is 3.00. The molecule has 0 saturated heterocycles. The number of aliphatic hydroxyl groups is 1. The van der Waals surface area contributed by atoms with Crippen LogP contribution in [-0.4, -0.2) is 34.1 Å². The molecule has 1 atom stereocenters. The van der Waals surface area contributed by atoms with Gasteiger partial charge in [-0.2, -0.15) is 0 Å². The second kappa shape index (κ2) is 7.19. The Balaban J connectivity index is 2.03. The summed E-state index contributed by atoms with van der Waals surface area (Å²) in [5, 5.41) is 12.8. The first kappa shape index (κ1) is 16.1. The van der Waals surface area contributed by atoms with E-state index in [4.69, 9.17) is 5.11 Å². The number of carbonyl (C=O) groups excluding carboxylic acids is 1. The quantitative estimate of drug-likeness (QED) is 0.757. The Morgan fingerprint density at radius 1 is 1.21 bits per heavy atom. The van der Waals surface area contributed by atoms with Gasteiger partial charge in [0, 0.05) is 36.5 Å². The lowest BCUT2D eigenvalue weighted by atomic mass is 10.0. The Labute approximate surface area is 140 Å². The van der Waals surface area contributed by atoms with Crippen LogP contribution in [0.3, 0.4) is 0 Å². The van der Waals surface area contributed by atoms with E-state index < -0.39 is 0 Å². The zero-order chi connectivity index (χ0) is 16.9. The molecule has 5 nitrogen and oxygen atoms in total. The molecule has 2 heterocycles. The highest BCUT2D eigenvalue weighted by atomic mass is 16.3. The predicted octanol–water partition coefficient (Wildman–Crippen LogP) is 2.66. The lowest BCUT2D eigenvalue weighted by molar-refractivity contribution is 0.0944. The van der Waals surface area contributed by atoms with Crippen molar-refractivity contribution < 1.29 is 9.90 Å². The summed E-state index contributed by atoms with van der Waals surface area (Å²) in [5.74, 6) is -0.147. The molecule has 5 heteroatoms. The smallest absolute Gasteiger partial charge is 0.252 e. The Hall–Kier alpha value is -2.79. The summed E-state index contributed by atoms with van der Waals surface area (Å²) >= 11 is 0. The van der Waals surface area contributed by atoms with Crippen LogP contribution in [0.25, 0.3) is 22.2 Å². The Morgan fingerprint density at radius 3 is 2.71 bits per heavy atom.